The van der Waals surface area contributed by atoms with Crippen LogP contribution in [0.4, 0.5) is 4.39 Å². The van der Waals surface area contributed by atoms with Crippen LogP contribution >= 0.6 is 12.4 Å². The molecule has 0 spiro atoms. The number of carbonyl (C=O) groups excluding carboxylic acids is 2. The van der Waals surface area contributed by atoms with E-state index in [1.165, 1.54) is 18.2 Å². The van der Waals surface area contributed by atoms with Crippen LogP contribution in [0, 0.1) is 17.7 Å². The summed E-state index contributed by atoms with van der Waals surface area (Å²) < 4.78 is 13.7. The zero-order valence-electron chi connectivity index (χ0n) is 14.0. The highest BCUT2D eigenvalue weighted by molar-refractivity contribution is 5.97. The Bertz CT molecular complexity index is 583. The highest BCUT2D eigenvalue weighted by atomic mass is 35.5. The van der Waals surface area contributed by atoms with Crippen molar-refractivity contribution in [3.05, 3.63) is 35.6 Å². The van der Waals surface area contributed by atoms with Crippen molar-refractivity contribution in [2.24, 2.45) is 17.6 Å². The summed E-state index contributed by atoms with van der Waals surface area (Å²) in [4.78, 5) is 26.7. The van der Waals surface area contributed by atoms with Crippen molar-refractivity contribution in [1.29, 1.82) is 0 Å². The van der Waals surface area contributed by atoms with Gasteiger partial charge in [-0.25, -0.2) is 4.39 Å². The van der Waals surface area contributed by atoms with E-state index >= 15 is 0 Å². The molecular formula is C17H25ClFN3O2. The highest BCUT2D eigenvalue weighted by Gasteiger charge is 2.33. The Morgan fingerprint density at radius 2 is 2.04 bits per heavy atom. The number of hydrogen-bond acceptors (Lipinski definition) is 3. The van der Waals surface area contributed by atoms with Gasteiger partial charge in [0.2, 0.25) is 5.91 Å². The van der Waals surface area contributed by atoms with E-state index in [1.807, 2.05) is 13.8 Å². The minimum absolute atomic E-state index is 0. The van der Waals surface area contributed by atoms with E-state index in [4.69, 9.17) is 5.73 Å². The number of nitrogens with two attached hydrogens (primary N) is 1. The summed E-state index contributed by atoms with van der Waals surface area (Å²) in [6.07, 6.45) is 0.883. The summed E-state index contributed by atoms with van der Waals surface area (Å²) in [5.41, 5.74) is 5.61. The van der Waals surface area contributed by atoms with Crippen LogP contribution in [0.1, 0.15) is 30.6 Å². The van der Waals surface area contributed by atoms with Crippen molar-refractivity contribution in [2.75, 3.05) is 19.6 Å². The monoisotopic (exact) mass is 357 g/mol. The molecule has 0 radical (unpaired) electrons. The first-order valence-electron chi connectivity index (χ1n) is 7.98. The Morgan fingerprint density at radius 3 is 2.58 bits per heavy atom. The first-order chi connectivity index (χ1) is 10.9. The Balaban J connectivity index is 0.00000288. The number of nitrogens with zero attached hydrogens (tertiary/aromatic N) is 1. The van der Waals surface area contributed by atoms with Crippen LogP contribution in [0.3, 0.4) is 0 Å². The van der Waals surface area contributed by atoms with Crippen LogP contribution in [0.15, 0.2) is 24.3 Å². The van der Waals surface area contributed by atoms with Gasteiger partial charge in [-0.3, -0.25) is 9.59 Å². The Morgan fingerprint density at radius 1 is 1.38 bits per heavy atom. The second-order valence-corrected chi connectivity index (χ2v) is 6.35. The minimum atomic E-state index is -0.668. The van der Waals surface area contributed by atoms with Crippen molar-refractivity contribution in [3.63, 3.8) is 0 Å². The Hall–Kier alpha value is -1.66. The molecule has 0 aromatic heterocycles. The van der Waals surface area contributed by atoms with Gasteiger partial charge in [-0.15, -0.1) is 12.4 Å². The van der Waals surface area contributed by atoms with Gasteiger partial charge >= 0.3 is 0 Å². The molecule has 1 aromatic rings. The minimum Gasteiger partial charge on any atom is -0.341 e. The number of benzene rings is 1. The summed E-state index contributed by atoms with van der Waals surface area (Å²) in [7, 11) is 0. The van der Waals surface area contributed by atoms with Crippen LogP contribution in [0.2, 0.25) is 0 Å². The molecule has 5 nitrogen and oxygen atoms in total. The summed E-state index contributed by atoms with van der Waals surface area (Å²) in [5, 5.41) is 2.68. The summed E-state index contributed by atoms with van der Waals surface area (Å²) in [6, 6.07) is 5.09. The predicted octanol–water partition coefficient (Wildman–Crippen LogP) is 1.81. The maximum absolute atomic E-state index is 13.7. The third-order valence-corrected chi connectivity index (χ3v) is 4.27. The molecule has 2 unspecified atom stereocenters. The molecular weight excluding hydrogens is 333 g/mol. The van der Waals surface area contributed by atoms with Gasteiger partial charge in [0.05, 0.1) is 5.56 Å². The quantitative estimate of drug-likeness (QED) is 0.843. The largest absolute Gasteiger partial charge is 0.341 e. The summed E-state index contributed by atoms with van der Waals surface area (Å²) in [6.45, 7) is 5.55. The van der Waals surface area contributed by atoms with Gasteiger partial charge in [0, 0.05) is 13.1 Å². The van der Waals surface area contributed by atoms with Crippen molar-refractivity contribution < 1.29 is 14.0 Å². The SMILES string of the molecule is CC(C)C(NC(=O)c1ccccc1F)C(=O)N1CCC(CN)C1.Cl. The molecule has 0 saturated carbocycles. The second kappa shape index (κ2) is 8.99. The topological polar surface area (TPSA) is 75.4 Å². The van der Waals surface area contributed by atoms with E-state index in [0.717, 1.165) is 6.42 Å². The fourth-order valence-electron chi connectivity index (χ4n) is 2.80. The molecule has 2 rings (SSSR count). The van der Waals surface area contributed by atoms with Crippen molar-refractivity contribution in [2.45, 2.75) is 26.3 Å². The number of hydrogen-bond donors (Lipinski definition) is 2. The molecule has 2 amide bonds. The average molecular weight is 358 g/mol. The van der Waals surface area contributed by atoms with Gasteiger partial charge in [-0.05, 0) is 36.9 Å². The molecule has 3 N–H and O–H groups in total. The fraction of sp³-hybridized carbons (Fsp3) is 0.529. The smallest absolute Gasteiger partial charge is 0.254 e. The second-order valence-electron chi connectivity index (χ2n) is 6.35. The normalized spacial score (nSPS) is 18.2. The van der Waals surface area contributed by atoms with E-state index in [1.54, 1.807) is 11.0 Å². The lowest BCUT2D eigenvalue weighted by Crippen LogP contribution is -2.50. The first-order valence-corrected chi connectivity index (χ1v) is 7.98. The lowest BCUT2D eigenvalue weighted by atomic mass is 10.0. The van der Waals surface area contributed by atoms with Gasteiger partial charge in [0.1, 0.15) is 11.9 Å². The molecule has 24 heavy (non-hydrogen) atoms. The summed E-state index contributed by atoms with van der Waals surface area (Å²) >= 11 is 0. The van der Waals surface area contributed by atoms with Crippen LogP contribution in [-0.4, -0.2) is 42.4 Å². The molecule has 0 bridgehead atoms. The van der Waals surface area contributed by atoms with E-state index in [-0.39, 0.29) is 29.8 Å². The van der Waals surface area contributed by atoms with Crippen LogP contribution in [-0.2, 0) is 4.79 Å². The van der Waals surface area contributed by atoms with Crippen LogP contribution in [0.25, 0.3) is 0 Å². The van der Waals surface area contributed by atoms with Crippen molar-refractivity contribution >= 4 is 24.2 Å². The molecule has 1 fully saturated rings. The van der Waals surface area contributed by atoms with Crippen molar-refractivity contribution in [1.82, 2.24) is 10.2 Å². The maximum atomic E-state index is 13.7. The number of halogens is 2. The zero-order valence-corrected chi connectivity index (χ0v) is 14.8. The number of carbonyl (C=O) groups is 2. The van der Waals surface area contributed by atoms with E-state index in [2.05, 4.69) is 5.32 Å². The molecule has 1 aliphatic heterocycles. The Labute approximate surface area is 148 Å². The fourth-order valence-corrected chi connectivity index (χ4v) is 2.80. The number of nitrogens with one attached hydrogen (secondary N) is 1. The number of rotatable bonds is 5. The van der Waals surface area contributed by atoms with Gasteiger partial charge in [-0.2, -0.15) is 0 Å². The molecule has 1 aromatic carbocycles. The standard InChI is InChI=1S/C17H24FN3O2.ClH/c1-11(2)15(17(23)21-8-7-12(9-19)10-21)20-16(22)13-5-3-4-6-14(13)18;/h3-6,11-12,15H,7-10,19H2,1-2H3,(H,20,22);1H. The molecule has 134 valence electrons. The average Bonchev–Trinajstić information content (AvgIpc) is 3.01. The van der Waals surface area contributed by atoms with E-state index in [0.29, 0.717) is 25.6 Å². The third kappa shape index (κ3) is 4.68. The number of likely N-dealkylation sites (tertiary alicyclic amines) is 1. The highest BCUT2D eigenvalue weighted by Crippen LogP contribution is 2.18. The first kappa shape index (κ1) is 20.4. The van der Waals surface area contributed by atoms with E-state index < -0.39 is 17.8 Å². The lowest BCUT2D eigenvalue weighted by molar-refractivity contribution is -0.133. The number of amides is 2. The molecule has 1 heterocycles. The van der Waals surface area contributed by atoms with Crippen molar-refractivity contribution in [3.8, 4) is 0 Å². The van der Waals surface area contributed by atoms with Gasteiger partial charge in [0.15, 0.2) is 0 Å². The lowest BCUT2D eigenvalue weighted by Gasteiger charge is -2.27. The van der Waals surface area contributed by atoms with E-state index in [9.17, 15) is 14.0 Å². The molecule has 2 atom stereocenters. The predicted molar refractivity (Wildman–Crippen MR) is 93.5 cm³/mol. The zero-order chi connectivity index (χ0) is 17.0. The van der Waals surface area contributed by atoms with Gasteiger partial charge in [0.25, 0.3) is 5.91 Å². The van der Waals surface area contributed by atoms with Crippen LogP contribution in [0.5, 0.6) is 0 Å². The Kier molecular flexibility index (Phi) is 7.63. The maximum Gasteiger partial charge on any atom is 0.254 e. The van der Waals surface area contributed by atoms with Gasteiger partial charge in [-0.1, -0.05) is 26.0 Å². The summed E-state index contributed by atoms with van der Waals surface area (Å²) in [5.74, 6) is -1.06. The molecule has 7 heteroatoms. The third-order valence-electron chi connectivity index (χ3n) is 4.27. The molecule has 0 aliphatic carbocycles. The van der Waals surface area contributed by atoms with Gasteiger partial charge < -0.3 is 16.0 Å². The van der Waals surface area contributed by atoms with Crippen LogP contribution < -0.4 is 11.1 Å². The molecule has 1 aliphatic rings. The molecule has 1 saturated heterocycles.